The number of esters is 1. The molecule has 0 saturated heterocycles. The molecule has 5 rings (SSSR count). The zero-order valence-corrected chi connectivity index (χ0v) is 27.1. The molecule has 0 spiro atoms. The van der Waals surface area contributed by atoms with Crippen molar-refractivity contribution < 1.29 is 45.4 Å². The zero-order valence-electron chi connectivity index (χ0n) is 27.1. The monoisotopic (exact) mass is 682 g/mol. The van der Waals surface area contributed by atoms with Gasteiger partial charge in [-0.15, -0.1) is 0 Å². The highest BCUT2D eigenvalue weighted by Crippen LogP contribution is 2.56. The number of ketones is 1. The van der Waals surface area contributed by atoms with Crippen LogP contribution in [0.2, 0.25) is 0 Å². The molecule has 0 aromatic heterocycles. The summed E-state index contributed by atoms with van der Waals surface area (Å²) < 4.78 is 98.1. The van der Waals surface area contributed by atoms with Crippen molar-refractivity contribution in [2.45, 2.75) is 75.1 Å². The van der Waals surface area contributed by atoms with Crippen LogP contribution in [0.5, 0.6) is 11.5 Å². The van der Waals surface area contributed by atoms with Crippen molar-refractivity contribution in [1.82, 2.24) is 0 Å². The van der Waals surface area contributed by atoms with Crippen LogP contribution in [-0.4, -0.2) is 31.2 Å². The number of hydrogen-bond acceptors (Lipinski definition) is 4. The van der Waals surface area contributed by atoms with Gasteiger partial charge in [-0.1, -0.05) is 92.1 Å². The van der Waals surface area contributed by atoms with Gasteiger partial charge in [0, 0.05) is 11.8 Å². The van der Waals surface area contributed by atoms with Crippen molar-refractivity contribution in [2.24, 2.45) is 0 Å². The number of benzene rings is 4. The number of carbonyl (C=O) groups is 2. The molecule has 49 heavy (non-hydrogen) atoms. The van der Waals surface area contributed by atoms with Crippen LogP contribution in [-0.2, 0) is 33.3 Å². The van der Waals surface area contributed by atoms with E-state index in [0.717, 1.165) is 91.9 Å². The number of hydrogen-bond donors (Lipinski definition) is 0. The highest BCUT2D eigenvalue weighted by atomic mass is 19.4. The van der Waals surface area contributed by atoms with E-state index in [1.165, 1.54) is 12.5 Å². The lowest BCUT2D eigenvalue weighted by molar-refractivity contribution is -0.288. The van der Waals surface area contributed by atoms with E-state index in [4.69, 9.17) is 9.47 Å². The SMILES string of the molecule is COc1ccc(C2(c3ccc(OC(=O)Cc4ccc(C(c5ccc(CC(C)=O)cc5)(C(F)(F)F)C(F)(F)F)cc4)cc3)CCCCC2)cc1. The van der Waals surface area contributed by atoms with E-state index < -0.39 is 34.9 Å². The van der Waals surface area contributed by atoms with Gasteiger partial charge in [-0.25, -0.2) is 0 Å². The molecule has 0 amide bonds. The molecule has 1 saturated carbocycles. The Labute approximate surface area is 281 Å². The van der Waals surface area contributed by atoms with Crippen LogP contribution in [0.1, 0.15) is 72.4 Å². The highest BCUT2D eigenvalue weighted by Gasteiger charge is 2.72. The molecule has 1 aliphatic rings. The normalized spacial score (nSPS) is 15.0. The fourth-order valence-corrected chi connectivity index (χ4v) is 7.00. The van der Waals surface area contributed by atoms with Gasteiger partial charge in [-0.3, -0.25) is 9.59 Å². The number of halogens is 6. The van der Waals surface area contributed by atoms with E-state index in [0.29, 0.717) is 5.56 Å². The Balaban J connectivity index is 1.34. The van der Waals surface area contributed by atoms with Crippen LogP contribution in [0.25, 0.3) is 0 Å². The van der Waals surface area contributed by atoms with Crippen molar-refractivity contribution in [1.29, 1.82) is 0 Å². The maximum atomic E-state index is 14.6. The van der Waals surface area contributed by atoms with Crippen molar-refractivity contribution in [3.05, 3.63) is 130 Å². The Morgan fingerprint density at radius 3 is 1.45 bits per heavy atom. The lowest BCUT2D eigenvalue weighted by Gasteiger charge is -2.38. The van der Waals surface area contributed by atoms with Crippen molar-refractivity contribution >= 4 is 11.8 Å². The summed E-state index contributed by atoms with van der Waals surface area (Å²) in [6.45, 7) is 1.27. The first kappa shape index (κ1) is 35.7. The molecule has 258 valence electrons. The first-order chi connectivity index (χ1) is 23.2. The maximum Gasteiger partial charge on any atom is 0.411 e. The van der Waals surface area contributed by atoms with Crippen LogP contribution in [0.3, 0.4) is 0 Å². The zero-order chi connectivity index (χ0) is 35.5. The summed E-state index contributed by atoms with van der Waals surface area (Å²) in [5.41, 5.74) is -3.88. The molecule has 0 bridgehead atoms. The number of ether oxygens (including phenoxy) is 2. The van der Waals surface area contributed by atoms with E-state index >= 15 is 0 Å². The van der Waals surface area contributed by atoms with E-state index in [1.807, 2.05) is 24.3 Å². The minimum absolute atomic E-state index is 0.120. The van der Waals surface area contributed by atoms with Crippen molar-refractivity contribution in [3.8, 4) is 11.5 Å². The minimum atomic E-state index is -5.76. The third-order valence-electron chi connectivity index (χ3n) is 9.41. The summed E-state index contributed by atoms with van der Waals surface area (Å²) in [5, 5.41) is 0. The first-order valence-corrected chi connectivity index (χ1v) is 16.0. The molecular formula is C39H36F6O4. The quantitative estimate of drug-likeness (QED) is 0.0950. The Bertz CT molecular complexity index is 1720. The van der Waals surface area contributed by atoms with E-state index in [9.17, 15) is 35.9 Å². The van der Waals surface area contributed by atoms with Gasteiger partial charge in [0.05, 0.1) is 13.5 Å². The summed E-state index contributed by atoms with van der Waals surface area (Å²) >= 11 is 0. The van der Waals surface area contributed by atoms with Gasteiger partial charge in [0.1, 0.15) is 17.3 Å². The second kappa shape index (κ2) is 14.1. The maximum absolute atomic E-state index is 14.6. The predicted octanol–water partition coefficient (Wildman–Crippen LogP) is 9.64. The third kappa shape index (κ3) is 7.23. The second-order valence-electron chi connectivity index (χ2n) is 12.6. The number of carbonyl (C=O) groups excluding carboxylic acids is 2. The number of Topliss-reactive ketones (excluding diaryl/α,β-unsaturated/α-hetero) is 1. The number of methoxy groups -OCH3 is 1. The molecule has 1 fully saturated rings. The fraction of sp³-hybridized carbons (Fsp3) is 0.333. The van der Waals surface area contributed by atoms with Crippen molar-refractivity contribution in [3.63, 3.8) is 0 Å². The van der Waals surface area contributed by atoms with Gasteiger partial charge < -0.3 is 9.47 Å². The summed E-state index contributed by atoms with van der Waals surface area (Å²) in [7, 11) is 1.62. The van der Waals surface area contributed by atoms with E-state index in [-0.39, 0.29) is 35.4 Å². The molecule has 4 aromatic carbocycles. The topological polar surface area (TPSA) is 52.6 Å². The van der Waals surface area contributed by atoms with Gasteiger partial charge in [-0.2, -0.15) is 26.3 Å². The summed E-state index contributed by atoms with van der Waals surface area (Å²) in [6, 6.07) is 22.6. The summed E-state index contributed by atoms with van der Waals surface area (Å²) in [6.07, 6.45) is -6.80. The second-order valence-corrected chi connectivity index (χ2v) is 12.6. The smallest absolute Gasteiger partial charge is 0.411 e. The van der Waals surface area contributed by atoms with Gasteiger partial charge in [0.2, 0.25) is 5.41 Å². The van der Waals surface area contributed by atoms with Crippen LogP contribution in [0, 0.1) is 0 Å². The summed E-state index contributed by atoms with van der Waals surface area (Å²) in [5.74, 6) is 0.0344. The Morgan fingerprint density at radius 1 is 0.612 bits per heavy atom. The Hall–Kier alpha value is -4.60. The van der Waals surface area contributed by atoms with E-state index in [1.54, 1.807) is 19.2 Å². The minimum Gasteiger partial charge on any atom is -0.497 e. The first-order valence-electron chi connectivity index (χ1n) is 16.0. The largest absolute Gasteiger partial charge is 0.497 e. The van der Waals surface area contributed by atoms with Gasteiger partial charge in [-0.05, 0) is 77.4 Å². The Morgan fingerprint density at radius 2 is 1.04 bits per heavy atom. The van der Waals surface area contributed by atoms with Crippen molar-refractivity contribution in [2.75, 3.05) is 7.11 Å². The molecule has 0 atom stereocenters. The highest BCUT2D eigenvalue weighted by molar-refractivity contribution is 5.78. The van der Waals surface area contributed by atoms with Crippen LogP contribution < -0.4 is 9.47 Å². The lowest BCUT2D eigenvalue weighted by atomic mass is 9.65. The standard InChI is InChI=1S/C39H36F6O4/c1-26(46)24-27-6-10-31(11-7-27)37(38(40,41)42,39(43,44)45)32-12-8-28(9-13-32)25-35(47)49-34-20-16-30(17-21-34)36(22-4-3-5-23-36)29-14-18-33(48-2)19-15-29/h6-21H,3-5,22-25H2,1-2H3. The molecule has 0 aliphatic heterocycles. The third-order valence-corrected chi connectivity index (χ3v) is 9.41. The molecule has 0 radical (unpaired) electrons. The molecular weight excluding hydrogens is 646 g/mol. The fourth-order valence-electron chi connectivity index (χ4n) is 7.00. The summed E-state index contributed by atoms with van der Waals surface area (Å²) in [4.78, 5) is 24.2. The Kier molecular flexibility index (Phi) is 10.3. The molecule has 4 nitrogen and oxygen atoms in total. The lowest BCUT2D eigenvalue weighted by Crippen LogP contribution is -2.54. The number of alkyl halides is 6. The van der Waals surface area contributed by atoms with E-state index in [2.05, 4.69) is 12.1 Å². The molecule has 0 heterocycles. The van der Waals surface area contributed by atoms with Crippen LogP contribution >= 0.6 is 0 Å². The number of rotatable bonds is 10. The van der Waals surface area contributed by atoms with Gasteiger partial charge in [0.15, 0.2) is 0 Å². The molecule has 0 N–H and O–H groups in total. The predicted molar refractivity (Wildman–Crippen MR) is 173 cm³/mol. The van der Waals surface area contributed by atoms with Crippen LogP contribution in [0.4, 0.5) is 26.3 Å². The van der Waals surface area contributed by atoms with Crippen LogP contribution in [0.15, 0.2) is 97.1 Å². The van der Waals surface area contributed by atoms with Gasteiger partial charge in [0.25, 0.3) is 0 Å². The molecule has 10 heteroatoms. The average molecular weight is 683 g/mol. The van der Waals surface area contributed by atoms with Gasteiger partial charge >= 0.3 is 18.3 Å². The average Bonchev–Trinajstić information content (AvgIpc) is 3.06. The molecule has 4 aromatic rings. The molecule has 1 aliphatic carbocycles. The molecule has 0 unspecified atom stereocenters.